The highest BCUT2D eigenvalue weighted by Gasteiger charge is 2.10. The average Bonchev–Trinajstić information content (AvgIpc) is 2.38. The van der Waals surface area contributed by atoms with E-state index in [1.807, 2.05) is 24.3 Å². The summed E-state index contributed by atoms with van der Waals surface area (Å²) in [6.07, 6.45) is 3.47. The molecule has 0 aromatic carbocycles. The maximum atomic E-state index is 5.94. The highest BCUT2D eigenvalue weighted by molar-refractivity contribution is 6.19. The molecule has 4 heteroatoms. The molecule has 0 spiro atoms. The van der Waals surface area contributed by atoms with E-state index in [2.05, 4.69) is 9.97 Å². The van der Waals surface area contributed by atoms with Crippen molar-refractivity contribution in [2.45, 2.75) is 11.8 Å². The monoisotopic (exact) mass is 252 g/mol. The van der Waals surface area contributed by atoms with Crippen LogP contribution in [0.2, 0.25) is 0 Å². The zero-order chi connectivity index (χ0) is 11.4. The van der Waals surface area contributed by atoms with E-state index in [0.717, 1.165) is 22.5 Å². The van der Waals surface area contributed by atoms with Gasteiger partial charge >= 0.3 is 0 Å². The van der Waals surface area contributed by atoms with Gasteiger partial charge in [-0.25, -0.2) is 0 Å². The minimum absolute atomic E-state index is 0.391. The van der Waals surface area contributed by atoms with Crippen LogP contribution >= 0.6 is 23.2 Å². The summed E-state index contributed by atoms with van der Waals surface area (Å²) in [6.45, 7) is 0. The van der Waals surface area contributed by atoms with Gasteiger partial charge in [0, 0.05) is 24.2 Å². The van der Waals surface area contributed by atoms with Gasteiger partial charge in [-0.3, -0.25) is 9.97 Å². The molecule has 0 N–H and O–H groups in total. The van der Waals surface area contributed by atoms with Gasteiger partial charge in [0.1, 0.15) is 0 Å². The molecule has 0 saturated carbocycles. The van der Waals surface area contributed by atoms with Gasteiger partial charge in [0.15, 0.2) is 0 Å². The van der Waals surface area contributed by atoms with Crippen molar-refractivity contribution in [3.63, 3.8) is 0 Å². The molecule has 0 saturated heterocycles. The van der Waals surface area contributed by atoms with E-state index < -0.39 is 0 Å². The van der Waals surface area contributed by atoms with E-state index in [1.54, 1.807) is 12.4 Å². The van der Waals surface area contributed by atoms with Crippen LogP contribution in [0, 0.1) is 0 Å². The third-order valence-electron chi connectivity index (χ3n) is 2.34. The second-order valence-corrected chi connectivity index (χ2v) is 3.81. The molecule has 0 fully saturated rings. The number of hydrogen-bond acceptors (Lipinski definition) is 2. The van der Waals surface area contributed by atoms with Crippen molar-refractivity contribution in [3.05, 3.63) is 47.8 Å². The lowest BCUT2D eigenvalue weighted by Gasteiger charge is -2.09. The van der Waals surface area contributed by atoms with Crippen molar-refractivity contribution in [3.8, 4) is 11.4 Å². The summed E-state index contributed by atoms with van der Waals surface area (Å²) in [5, 5.41) is 0. The summed E-state index contributed by atoms with van der Waals surface area (Å²) >= 11 is 11.8. The topological polar surface area (TPSA) is 25.8 Å². The summed E-state index contributed by atoms with van der Waals surface area (Å²) in [5.74, 6) is 0.826. The molecule has 0 aliphatic carbocycles. The van der Waals surface area contributed by atoms with E-state index in [1.165, 1.54) is 0 Å². The van der Waals surface area contributed by atoms with Crippen molar-refractivity contribution >= 4 is 23.2 Å². The molecular weight excluding hydrogens is 243 g/mol. The van der Waals surface area contributed by atoms with E-state index in [-0.39, 0.29) is 0 Å². The fraction of sp³-hybridized carbons (Fsp3) is 0.167. The maximum absolute atomic E-state index is 5.94. The lowest BCUT2D eigenvalue weighted by atomic mass is 10.1. The quantitative estimate of drug-likeness (QED) is 0.780. The molecule has 0 amide bonds. The van der Waals surface area contributed by atoms with Crippen molar-refractivity contribution < 1.29 is 0 Å². The number of rotatable bonds is 3. The van der Waals surface area contributed by atoms with Gasteiger partial charge in [0.05, 0.1) is 11.4 Å². The van der Waals surface area contributed by atoms with Gasteiger partial charge in [-0.1, -0.05) is 6.07 Å². The highest BCUT2D eigenvalue weighted by atomic mass is 35.5. The van der Waals surface area contributed by atoms with E-state index in [0.29, 0.717) is 11.8 Å². The molecule has 0 bridgehead atoms. The Morgan fingerprint density at radius 1 is 0.938 bits per heavy atom. The standard InChI is InChI=1S/C12H10Cl2N2/c13-7-9-4-6-16-12(10(9)8-14)11-3-1-2-5-15-11/h1-6H,7-8H2. The van der Waals surface area contributed by atoms with Crippen molar-refractivity contribution in [2.24, 2.45) is 0 Å². The fourth-order valence-corrected chi connectivity index (χ4v) is 2.08. The molecule has 16 heavy (non-hydrogen) atoms. The minimum atomic E-state index is 0.391. The van der Waals surface area contributed by atoms with Crippen LogP contribution in [0.1, 0.15) is 11.1 Å². The van der Waals surface area contributed by atoms with Gasteiger partial charge in [0.25, 0.3) is 0 Å². The first-order valence-electron chi connectivity index (χ1n) is 4.87. The number of hydrogen-bond donors (Lipinski definition) is 0. The van der Waals surface area contributed by atoms with Crippen LogP contribution in [0.5, 0.6) is 0 Å². The smallest absolute Gasteiger partial charge is 0.0933 e. The molecule has 2 heterocycles. The Hall–Kier alpha value is -1.12. The van der Waals surface area contributed by atoms with E-state index in [4.69, 9.17) is 23.2 Å². The summed E-state index contributed by atoms with van der Waals surface area (Å²) < 4.78 is 0. The Labute approximate surface area is 104 Å². The van der Waals surface area contributed by atoms with Crippen LogP contribution in [0.15, 0.2) is 36.7 Å². The first-order chi connectivity index (χ1) is 7.86. The van der Waals surface area contributed by atoms with Gasteiger partial charge in [-0.15, -0.1) is 23.2 Å². The molecule has 0 aliphatic rings. The Morgan fingerprint density at radius 2 is 1.81 bits per heavy atom. The zero-order valence-electron chi connectivity index (χ0n) is 8.53. The highest BCUT2D eigenvalue weighted by Crippen LogP contribution is 2.24. The number of halogens is 2. The Morgan fingerprint density at radius 3 is 2.44 bits per heavy atom. The molecule has 0 aliphatic heterocycles. The van der Waals surface area contributed by atoms with Crippen LogP contribution < -0.4 is 0 Å². The summed E-state index contributed by atoms with van der Waals surface area (Å²) in [4.78, 5) is 8.59. The lowest BCUT2D eigenvalue weighted by molar-refractivity contribution is 1.16. The van der Waals surface area contributed by atoms with Crippen LogP contribution in [0.4, 0.5) is 0 Å². The first-order valence-corrected chi connectivity index (χ1v) is 5.93. The largest absolute Gasteiger partial charge is 0.255 e. The van der Waals surface area contributed by atoms with Crippen LogP contribution in [-0.4, -0.2) is 9.97 Å². The molecule has 2 nitrogen and oxygen atoms in total. The maximum Gasteiger partial charge on any atom is 0.0933 e. The van der Waals surface area contributed by atoms with Crippen LogP contribution in [0.25, 0.3) is 11.4 Å². The summed E-state index contributed by atoms with van der Waals surface area (Å²) in [6, 6.07) is 7.60. The van der Waals surface area contributed by atoms with Crippen molar-refractivity contribution in [1.29, 1.82) is 0 Å². The fourth-order valence-electron chi connectivity index (χ4n) is 1.53. The third kappa shape index (κ3) is 2.18. The van der Waals surface area contributed by atoms with E-state index in [9.17, 15) is 0 Å². The minimum Gasteiger partial charge on any atom is -0.255 e. The summed E-state index contributed by atoms with van der Waals surface area (Å²) in [7, 11) is 0. The predicted octanol–water partition coefficient (Wildman–Crippen LogP) is 3.62. The molecular formula is C12H10Cl2N2. The average molecular weight is 253 g/mol. The molecule has 2 aromatic rings. The second kappa shape index (κ2) is 5.28. The number of pyridine rings is 2. The van der Waals surface area contributed by atoms with Crippen LogP contribution in [-0.2, 0) is 11.8 Å². The first kappa shape index (κ1) is 11.4. The Kier molecular flexibility index (Phi) is 3.75. The SMILES string of the molecule is ClCc1ccnc(-c2ccccn2)c1CCl. The Bertz CT molecular complexity index is 472. The van der Waals surface area contributed by atoms with E-state index >= 15 is 0 Å². The van der Waals surface area contributed by atoms with Gasteiger partial charge in [-0.2, -0.15) is 0 Å². The molecule has 2 aromatic heterocycles. The third-order valence-corrected chi connectivity index (χ3v) is 2.89. The summed E-state index contributed by atoms with van der Waals surface area (Å²) in [5.41, 5.74) is 3.60. The molecule has 82 valence electrons. The number of nitrogens with zero attached hydrogens (tertiary/aromatic N) is 2. The molecule has 0 unspecified atom stereocenters. The Balaban J connectivity index is 2.57. The normalized spacial score (nSPS) is 10.4. The number of alkyl halides is 2. The molecule has 2 rings (SSSR count). The predicted molar refractivity (Wildman–Crippen MR) is 66.6 cm³/mol. The van der Waals surface area contributed by atoms with Gasteiger partial charge in [-0.05, 0) is 29.3 Å². The van der Waals surface area contributed by atoms with Crippen molar-refractivity contribution in [2.75, 3.05) is 0 Å². The second-order valence-electron chi connectivity index (χ2n) is 3.28. The molecule has 0 atom stereocenters. The lowest BCUT2D eigenvalue weighted by Crippen LogP contribution is -1.97. The molecule has 0 radical (unpaired) electrons. The van der Waals surface area contributed by atoms with Crippen LogP contribution in [0.3, 0.4) is 0 Å². The van der Waals surface area contributed by atoms with Crippen molar-refractivity contribution in [1.82, 2.24) is 9.97 Å². The van der Waals surface area contributed by atoms with Gasteiger partial charge < -0.3 is 0 Å². The van der Waals surface area contributed by atoms with Gasteiger partial charge in [0.2, 0.25) is 0 Å². The zero-order valence-corrected chi connectivity index (χ0v) is 10.0. The number of aromatic nitrogens is 2.